The van der Waals surface area contributed by atoms with Gasteiger partial charge < -0.3 is 15.8 Å². The van der Waals surface area contributed by atoms with E-state index < -0.39 is 5.41 Å². The van der Waals surface area contributed by atoms with E-state index in [9.17, 15) is 4.79 Å². The number of amides is 1. The van der Waals surface area contributed by atoms with Gasteiger partial charge in [-0.25, -0.2) is 0 Å². The lowest BCUT2D eigenvalue weighted by Gasteiger charge is -2.33. The van der Waals surface area contributed by atoms with E-state index in [0.717, 1.165) is 5.56 Å². The Balaban J connectivity index is 2.96. The molecule has 1 aromatic heterocycles. The third kappa shape index (κ3) is 3.07. The van der Waals surface area contributed by atoms with Crippen molar-refractivity contribution >= 4 is 11.7 Å². The van der Waals surface area contributed by atoms with Crippen LogP contribution in [0.3, 0.4) is 0 Å². The standard InChI is InChI=1S/C14H22N4O2/c1-4-14(5-2,12(15)17-20)13(19)18(3)10-11-7-6-8-16-9-11/h6-9,20H,4-5,10H2,1-3H3,(H2,15,17). The Morgan fingerprint density at radius 3 is 2.60 bits per heavy atom. The third-order valence-corrected chi connectivity index (χ3v) is 3.70. The van der Waals surface area contributed by atoms with Gasteiger partial charge in [0.15, 0.2) is 5.84 Å². The van der Waals surface area contributed by atoms with Crippen molar-refractivity contribution in [2.75, 3.05) is 7.05 Å². The zero-order valence-corrected chi connectivity index (χ0v) is 12.2. The molecular weight excluding hydrogens is 256 g/mol. The quantitative estimate of drug-likeness (QED) is 0.358. The minimum Gasteiger partial charge on any atom is -0.409 e. The van der Waals surface area contributed by atoms with Crippen molar-refractivity contribution in [3.05, 3.63) is 30.1 Å². The van der Waals surface area contributed by atoms with E-state index in [0.29, 0.717) is 19.4 Å². The summed E-state index contributed by atoms with van der Waals surface area (Å²) in [4.78, 5) is 18.3. The normalized spacial score (nSPS) is 12.2. The van der Waals surface area contributed by atoms with Gasteiger partial charge >= 0.3 is 0 Å². The summed E-state index contributed by atoms with van der Waals surface area (Å²) >= 11 is 0. The number of oxime groups is 1. The number of hydrogen-bond acceptors (Lipinski definition) is 4. The second-order valence-corrected chi connectivity index (χ2v) is 4.80. The molecule has 0 spiro atoms. The number of rotatable bonds is 6. The summed E-state index contributed by atoms with van der Waals surface area (Å²) in [6.07, 6.45) is 4.36. The molecule has 1 heterocycles. The zero-order chi connectivity index (χ0) is 15.2. The molecule has 0 aromatic carbocycles. The Bertz CT molecular complexity index is 469. The van der Waals surface area contributed by atoms with Crippen molar-refractivity contribution in [1.29, 1.82) is 0 Å². The lowest BCUT2D eigenvalue weighted by atomic mass is 9.79. The summed E-state index contributed by atoms with van der Waals surface area (Å²) in [7, 11) is 1.71. The SMILES string of the molecule is CCC(CC)(C(=O)N(C)Cc1cccnc1)C(N)=NO. The number of nitrogens with two attached hydrogens (primary N) is 1. The summed E-state index contributed by atoms with van der Waals surface area (Å²) in [5, 5.41) is 12.0. The largest absolute Gasteiger partial charge is 0.409 e. The minimum absolute atomic E-state index is 0.0365. The van der Waals surface area contributed by atoms with E-state index in [1.807, 2.05) is 26.0 Å². The van der Waals surface area contributed by atoms with Gasteiger partial charge in [0.25, 0.3) is 0 Å². The molecule has 0 fully saturated rings. The minimum atomic E-state index is -0.953. The van der Waals surface area contributed by atoms with Crippen LogP contribution < -0.4 is 5.73 Å². The van der Waals surface area contributed by atoms with Crippen molar-refractivity contribution in [1.82, 2.24) is 9.88 Å². The lowest BCUT2D eigenvalue weighted by Crippen LogP contribution is -2.49. The van der Waals surface area contributed by atoms with Gasteiger partial charge in [-0.2, -0.15) is 0 Å². The van der Waals surface area contributed by atoms with Gasteiger partial charge in [-0.15, -0.1) is 0 Å². The van der Waals surface area contributed by atoms with Crippen LogP contribution in [0.5, 0.6) is 0 Å². The van der Waals surface area contributed by atoms with E-state index >= 15 is 0 Å². The van der Waals surface area contributed by atoms with Gasteiger partial charge in [0.1, 0.15) is 5.41 Å². The van der Waals surface area contributed by atoms with Crippen LogP contribution >= 0.6 is 0 Å². The van der Waals surface area contributed by atoms with Gasteiger partial charge in [-0.1, -0.05) is 25.1 Å². The second-order valence-electron chi connectivity index (χ2n) is 4.80. The zero-order valence-electron chi connectivity index (χ0n) is 12.2. The van der Waals surface area contributed by atoms with Crippen LogP contribution in [0.15, 0.2) is 29.7 Å². The molecule has 1 aromatic rings. The fourth-order valence-corrected chi connectivity index (χ4v) is 2.32. The Morgan fingerprint density at radius 1 is 1.50 bits per heavy atom. The molecule has 0 aliphatic rings. The van der Waals surface area contributed by atoms with Gasteiger partial charge in [0, 0.05) is 26.0 Å². The average molecular weight is 278 g/mol. The van der Waals surface area contributed by atoms with Crippen LogP contribution in [0.2, 0.25) is 0 Å². The van der Waals surface area contributed by atoms with E-state index in [4.69, 9.17) is 10.9 Å². The van der Waals surface area contributed by atoms with Crippen LogP contribution in [-0.2, 0) is 11.3 Å². The van der Waals surface area contributed by atoms with Crippen LogP contribution in [0.25, 0.3) is 0 Å². The van der Waals surface area contributed by atoms with Gasteiger partial charge in [0.2, 0.25) is 5.91 Å². The number of hydrogen-bond donors (Lipinski definition) is 2. The topological polar surface area (TPSA) is 91.8 Å². The maximum absolute atomic E-state index is 12.7. The first-order valence-electron chi connectivity index (χ1n) is 6.64. The van der Waals surface area contributed by atoms with E-state index in [1.54, 1.807) is 24.3 Å². The molecule has 0 saturated carbocycles. The summed E-state index contributed by atoms with van der Waals surface area (Å²) in [6, 6.07) is 3.73. The maximum Gasteiger partial charge on any atom is 0.236 e. The molecule has 110 valence electrons. The highest BCUT2D eigenvalue weighted by Gasteiger charge is 2.41. The van der Waals surface area contributed by atoms with E-state index in [2.05, 4.69) is 10.1 Å². The number of nitrogens with zero attached hydrogens (tertiary/aromatic N) is 3. The first-order valence-corrected chi connectivity index (χ1v) is 6.64. The predicted molar refractivity (Wildman–Crippen MR) is 77.1 cm³/mol. The molecule has 6 heteroatoms. The highest BCUT2D eigenvalue weighted by molar-refractivity contribution is 6.06. The molecule has 20 heavy (non-hydrogen) atoms. The lowest BCUT2D eigenvalue weighted by molar-refractivity contribution is -0.138. The van der Waals surface area contributed by atoms with Gasteiger partial charge in [-0.3, -0.25) is 9.78 Å². The first kappa shape index (κ1) is 15.9. The van der Waals surface area contributed by atoms with Crippen molar-refractivity contribution in [3.63, 3.8) is 0 Å². The highest BCUT2D eigenvalue weighted by Crippen LogP contribution is 2.29. The fourth-order valence-electron chi connectivity index (χ4n) is 2.32. The average Bonchev–Trinajstić information content (AvgIpc) is 2.49. The second kappa shape index (κ2) is 6.88. The molecule has 0 aliphatic heterocycles. The Kier molecular flexibility index (Phi) is 5.49. The Morgan fingerprint density at radius 2 is 2.15 bits per heavy atom. The molecule has 0 unspecified atom stereocenters. The Labute approximate surface area is 119 Å². The number of pyridine rings is 1. The molecule has 6 nitrogen and oxygen atoms in total. The molecule has 3 N–H and O–H groups in total. The maximum atomic E-state index is 12.7. The van der Waals surface area contributed by atoms with E-state index in [1.165, 1.54) is 0 Å². The number of carbonyl (C=O) groups excluding carboxylic acids is 1. The molecule has 1 rings (SSSR count). The third-order valence-electron chi connectivity index (χ3n) is 3.70. The molecular formula is C14H22N4O2. The summed E-state index contributed by atoms with van der Waals surface area (Å²) < 4.78 is 0. The predicted octanol–water partition coefficient (Wildman–Crippen LogP) is 1.59. The summed E-state index contributed by atoms with van der Waals surface area (Å²) in [6.45, 7) is 4.15. The molecule has 0 atom stereocenters. The van der Waals surface area contributed by atoms with E-state index in [-0.39, 0.29) is 11.7 Å². The molecule has 0 aliphatic carbocycles. The van der Waals surface area contributed by atoms with Crippen molar-refractivity contribution in [2.24, 2.45) is 16.3 Å². The molecule has 1 amide bonds. The first-order chi connectivity index (χ1) is 9.51. The molecule has 0 bridgehead atoms. The number of aromatic nitrogens is 1. The number of amidine groups is 1. The Hall–Kier alpha value is -2.11. The van der Waals surface area contributed by atoms with Gasteiger partial charge in [0.05, 0.1) is 0 Å². The van der Waals surface area contributed by atoms with Crippen molar-refractivity contribution in [3.8, 4) is 0 Å². The monoisotopic (exact) mass is 278 g/mol. The highest BCUT2D eigenvalue weighted by atomic mass is 16.4. The van der Waals surface area contributed by atoms with Crippen LogP contribution in [0.4, 0.5) is 0 Å². The van der Waals surface area contributed by atoms with Crippen molar-refractivity contribution in [2.45, 2.75) is 33.2 Å². The number of carbonyl (C=O) groups is 1. The van der Waals surface area contributed by atoms with Gasteiger partial charge in [-0.05, 0) is 24.5 Å². The van der Waals surface area contributed by atoms with Crippen LogP contribution in [0.1, 0.15) is 32.3 Å². The van der Waals surface area contributed by atoms with Crippen LogP contribution in [-0.4, -0.2) is 33.9 Å². The molecule has 0 saturated heterocycles. The fraction of sp³-hybridized carbons (Fsp3) is 0.500. The van der Waals surface area contributed by atoms with Crippen molar-refractivity contribution < 1.29 is 10.0 Å². The summed E-state index contributed by atoms with van der Waals surface area (Å²) in [5.74, 6) is -0.188. The smallest absolute Gasteiger partial charge is 0.236 e. The van der Waals surface area contributed by atoms with Crippen LogP contribution in [0, 0.1) is 5.41 Å². The molecule has 0 radical (unpaired) electrons. The summed E-state index contributed by atoms with van der Waals surface area (Å²) in [5.41, 5.74) is 5.73.